The van der Waals surface area contributed by atoms with Crippen LogP contribution >= 0.6 is 0 Å². The van der Waals surface area contributed by atoms with Crippen LogP contribution in [0.25, 0.3) is 5.57 Å². The fourth-order valence-corrected chi connectivity index (χ4v) is 4.25. The fraction of sp³-hybridized carbons (Fsp3) is 0.286. The van der Waals surface area contributed by atoms with E-state index in [-0.39, 0.29) is 17.3 Å². The van der Waals surface area contributed by atoms with Crippen molar-refractivity contribution in [2.45, 2.75) is 37.9 Å². The number of rotatable bonds is 5. The number of nitro groups is 1. The highest BCUT2D eigenvalue weighted by atomic mass is 16.6. The molecule has 1 saturated heterocycles. The molecule has 27 heavy (non-hydrogen) atoms. The van der Waals surface area contributed by atoms with E-state index in [0.717, 1.165) is 37.4 Å². The number of nitrogens with zero attached hydrogens (tertiary/aromatic N) is 2. The SMILES string of the molecule is O=C(O)c1ccc(C2=CC3CCC(C2)N3Cc2ccccc2)c([N+](=O)[O-])c1. The van der Waals surface area contributed by atoms with Gasteiger partial charge in [-0.1, -0.05) is 36.4 Å². The number of aromatic carboxylic acids is 1. The fourth-order valence-electron chi connectivity index (χ4n) is 4.25. The van der Waals surface area contributed by atoms with Crippen molar-refractivity contribution in [2.24, 2.45) is 0 Å². The third-order valence-electron chi connectivity index (χ3n) is 5.54. The predicted octanol–water partition coefficient (Wildman–Crippen LogP) is 4.11. The minimum atomic E-state index is -1.16. The van der Waals surface area contributed by atoms with Crippen LogP contribution in [0.15, 0.2) is 54.6 Å². The molecule has 2 unspecified atom stereocenters. The standard InChI is InChI=1S/C21H20N2O4/c24-21(25)15-6-9-19(20(12-15)23(26)27)16-10-17-7-8-18(11-16)22(17)13-14-4-2-1-3-5-14/h1-6,9-10,12,17-18H,7-8,11,13H2,(H,24,25). The van der Waals surface area contributed by atoms with Gasteiger partial charge in [0.1, 0.15) is 0 Å². The Morgan fingerprint density at radius 3 is 2.63 bits per heavy atom. The summed E-state index contributed by atoms with van der Waals surface area (Å²) in [5, 5.41) is 20.6. The van der Waals surface area contributed by atoms with Gasteiger partial charge in [0, 0.05) is 24.7 Å². The van der Waals surface area contributed by atoms with Crippen LogP contribution in [0.3, 0.4) is 0 Å². The van der Waals surface area contributed by atoms with E-state index in [4.69, 9.17) is 5.11 Å². The first kappa shape index (κ1) is 17.4. The molecule has 2 atom stereocenters. The third kappa shape index (κ3) is 3.36. The number of fused-ring (bicyclic) bond motifs is 2. The van der Waals surface area contributed by atoms with Crippen molar-refractivity contribution in [3.05, 3.63) is 81.4 Å². The first-order valence-corrected chi connectivity index (χ1v) is 9.05. The van der Waals surface area contributed by atoms with Gasteiger partial charge in [0.25, 0.3) is 5.69 Å². The number of carboxylic acid groups (broad SMARTS) is 1. The summed E-state index contributed by atoms with van der Waals surface area (Å²) in [5.41, 5.74) is 2.58. The quantitative estimate of drug-likeness (QED) is 0.637. The Labute approximate surface area is 156 Å². The molecule has 0 aromatic heterocycles. The molecule has 1 fully saturated rings. The summed E-state index contributed by atoms with van der Waals surface area (Å²) in [6.45, 7) is 0.875. The summed E-state index contributed by atoms with van der Waals surface area (Å²) in [7, 11) is 0. The van der Waals surface area contributed by atoms with Gasteiger partial charge in [-0.25, -0.2) is 4.79 Å². The zero-order chi connectivity index (χ0) is 19.0. The van der Waals surface area contributed by atoms with Gasteiger partial charge < -0.3 is 5.11 Å². The van der Waals surface area contributed by atoms with Crippen LogP contribution in [0.2, 0.25) is 0 Å². The molecule has 0 amide bonds. The second kappa shape index (κ2) is 6.96. The maximum absolute atomic E-state index is 11.5. The van der Waals surface area contributed by atoms with E-state index in [1.807, 2.05) is 18.2 Å². The average Bonchev–Trinajstić information content (AvgIpc) is 2.89. The minimum absolute atomic E-state index is 0.0597. The Hall–Kier alpha value is -2.99. The van der Waals surface area contributed by atoms with Crippen LogP contribution in [-0.2, 0) is 6.54 Å². The molecule has 2 aliphatic heterocycles. The van der Waals surface area contributed by atoms with Crippen LogP contribution in [-0.4, -0.2) is 33.0 Å². The molecule has 2 aromatic carbocycles. The number of carboxylic acids is 1. The normalized spacial score (nSPS) is 21.7. The molecule has 1 N–H and O–H groups in total. The molecule has 6 heteroatoms. The monoisotopic (exact) mass is 364 g/mol. The number of carbonyl (C=O) groups is 1. The Morgan fingerprint density at radius 2 is 1.96 bits per heavy atom. The lowest BCUT2D eigenvalue weighted by atomic mass is 9.92. The first-order valence-electron chi connectivity index (χ1n) is 9.05. The first-order chi connectivity index (χ1) is 13.0. The Balaban J connectivity index is 1.64. The molecule has 138 valence electrons. The Bertz CT molecular complexity index is 923. The molecular formula is C21H20N2O4. The highest BCUT2D eigenvalue weighted by molar-refractivity contribution is 5.90. The smallest absolute Gasteiger partial charge is 0.335 e. The molecule has 2 aromatic rings. The van der Waals surface area contributed by atoms with Crippen molar-refractivity contribution in [1.82, 2.24) is 4.90 Å². The van der Waals surface area contributed by atoms with Crippen molar-refractivity contribution in [3.63, 3.8) is 0 Å². The van der Waals surface area contributed by atoms with Crippen LogP contribution in [0, 0.1) is 10.1 Å². The summed E-state index contributed by atoms with van der Waals surface area (Å²) >= 11 is 0. The van der Waals surface area contributed by atoms with Crippen LogP contribution in [0.5, 0.6) is 0 Å². The largest absolute Gasteiger partial charge is 0.478 e. The topological polar surface area (TPSA) is 83.7 Å². The number of nitro benzene ring substituents is 1. The number of hydrogen-bond donors (Lipinski definition) is 1. The molecular weight excluding hydrogens is 344 g/mol. The lowest BCUT2D eigenvalue weighted by molar-refractivity contribution is -0.385. The van der Waals surface area contributed by atoms with E-state index < -0.39 is 10.9 Å². The minimum Gasteiger partial charge on any atom is -0.478 e. The number of hydrogen-bond acceptors (Lipinski definition) is 4. The molecule has 2 bridgehead atoms. The maximum Gasteiger partial charge on any atom is 0.335 e. The third-order valence-corrected chi connectivity index (χ3v) is 5.54. The van der Waals surface area contributed by atoms with E-state index in [9.17, 15) is 14.9 Å². The molecule has 0 radical (unpaired) electrons. The maximum atomic E-state index is 11.5. The number of benzene rings is 2. The van der Waals surface area contributed by atoms with Gasteiger partial charge in [-0.3, -0.25) is 15.0 Å². The molecule has 2 aliphatic rings. The second-order valence-electron chi connectivity index (χ2n) is 7.15. The average molecular weight is 364 g/mol. The van der Waals surface area contributed by atoms with Gasteiger partial charge in [0.2, 0.25) is 0 Å². The molecule has 6 nitrogen and oxygen atoms in total. The van der Waals surface area contributed by atoms with Crippen molar-refractivity contribution >= 4 is 17.2 Å². The van der Waals surface area contributed by atoms with E-state index in [1.165, 1.54) is 11.6 Å². The van der Waals surface area contributed by atoms with Crippen LogP contribution < -0.4 is 0 Å². The Kier molecular flexibility index (Phi) is 4.49. The van der Waals surface area contributed by atoms with Crippen molar-refractivity contribution in [2.75, 3.05) is 0 Å². The van der Waals surface area contributed by atoms with Crippen LogP contribution in [0.1, 0.15) is 40.7 Å². The van der Waals surface area contributed by atoms with E-state index in [2.05, 4.69) is 23.1 Å². The van der Waals surface area contributed by atoms with Gasteiger partial charge in [-0.05, 0) is 42.5 Å². The van der Waals surface area contributed by atoms with Crippen molar-refractivity contribution in [1.29, 1.82) is 0 Å². The van der Waals surface area contributed by atoms with E-state index in [1.54, 1.807) is 6.07 Å². The summed E-state index contributed by atoms with van der Waals surface area (Å²) in [6.07, 6.45) is 4.99. The van der Waals surface area contributed by atoms with E-state index in [0.29, 0.717) is 11.6 Å². The van der Waals surface area contributed by atoms with Crippen molar-refractivity contribution in [3.8, 4) is 0 Å². The second-order valence-corrected chi connectivity index (χ2v) is 7.15. The zero-order valence-electron chi connectivity index (χ0n) is 14.7. The van der Waals surface area contributed by atoms with Gasteiger partial charge in [0.05, 0.1) is 16.1 Å². The molecule has 0 saturated carbocycles. The molecule has 4 rings (SSSR count). The lowest BCUT2D eigenvalue weighted by Gasteiger charge is -2.34. The zero-order valence-corrected chi connectivity index (χ0v) is 14.7. The molecule has 2 heterocycles. The summed E-state index contributed by atoms with van der Waals surface area (Å²) in [6, 6.07) is 15.1. The van der Waals surface area contributed by atoms with Gasteiger partial charge in [0.15, 0.2) is 0 Å². The molecule has 0 spiro atoms. The van der Waals surface area contributed by atoms with E-state index >= 15 is 0 Å². The van der Waals surface area contributed by atoms with Crippen molar-refractivity contribution < 1.29 is 14.8 Å². The highest BCUT2D eigenvalue weighted by Gasteiger charge is 2.37. The van der Waals surface area contributed by atoms with Gasteiger partial charge in [-0.15, -0.1) is 0 Å². The summed E-state index contributed by atoms with van der Waals surface area (Å²) < 4.78 is 0. The van der Waals surface area contributed by atoms with Gasteiger partial charge in [-0.2, -0.15) is 0 Å². The van der Waals surface area contributed by atoms with Crippen LogP contribution in [0.4, 0.5) is 5.69 Å². The summed E-state index contributed by atoms with van der Waals surface area (Å²) in [4.78, 5) is 24.6. The lowest BCUT2D eigenvalue weighted by Crippen LogP contribution is -2.37. The highest BCUT2D eigenvalue weighted by Crippen LogP contribution is 2.41. The predicted molar refractivity (Wildman–Crippen MR) is 101 cm³/mol. The Morgan fingerprint density at radius 1 is 1.19 bits per heavy atom. The van der Waals surface area contributed by atoms with Gasteiger partial charge >= 0.3 is 5.97 Å². The summed E-state index contributed by atoms with van der Waals surface area (Å²) in [5.74, 6) is -1.16. The molecule has 0 aliphatic carbocycles.